The van der Waals surface area contributed by atoms with Crippen LogP contribution in [0.25, 0.3) is 77.6 Å². The molecule has 0 aliphatic heterocycles. The van der Waals surface area contributed by atoms with Gasteiger partial charge in [0.15, 0.2) is 0 Å². The minimum absolute atomic E-state index is 0.895. The van der Waals surface area contributed by atoms with E-state index >= 15 is 0 Å². The molecule has 0 fully saturated rings. The zero-order valence-electron chi connectivity index (χ0n) is 30.7. The number of hydrogen-bond donors (Lipinski definition) is 0. The summed E-state index contributed by atoms with van der Waals surface area (Å²) >= 11 is 0. The largest absolute Gasteiger partial charge is 0.456 e. The van der Waals surface area contributed by atoms with Gasteiger partial charge in [0, 0.05) is 27.8 Å². The molecular formula is C54H37NO. The molecule has 2 nitrogen and oxygen atoms in total. The second-order valence-electron chi connectivity index (χ2n) is 14.2. The van der Waals surface area contributed by atoms with Crippen LogP contribution in [0.2, 0.25) is 0 Å². The Morgan fingerprint density at radius 1 is 0.232 bits per heavy atom. The van der Waals surface area contributed by atoms with Crippen LogP contribution in [0.1, 0.15) is 0 Å². The first-order valence-corrected chi connectivity index (χ1v) is 19.1. The number of nitrogens with zero attached hydrogens (tertiary/aromatic N) is 1. The number of benzene rings is 9. The van der Waals surface area contributed by atoms with Crippen molar-refractivity contribution in [3.63, 3.8) is 0 Å². The zero-order chi connectivity index (χ0) is 37.3. The Morgan fingerprint density at radius 2 is 0.518 bits per heavy atom. The van der Waals surface area contributed by atoms with Crippen LogP contribution in [-0.4, -0.2) is 0 Å². The molecule has 0 N–H and O–H groups in total. The first-order valence-electron chi connectivity index (χ1n) is 19.1. The predicted octanol–water partition coefficient (Wildman–Crippen LogP) is 15.4. The smallest absolute Gasteiger partial charge is 0.136 e. The van der Waals surface area contributed by atoms with Gasteiger partial charge < -0.3 is 9.32 Å². The van der Waals surface area contributed by atoms with E-state index in [1.54, 1.807) is 0 Å². The van der Waals surface area contributed by atoms with Crippen molar-refractivity contribution in [2.24, 2.45) is 0 Å². The normalized spacial score (nSPS) is 11.2. The summed E-state index contributed by atoms with van der Waals surface area (Å²) in [5, 5.41) is 2.26. The SMILES string of the molecule is c1ccc(-c2ccc(N(c3ccc(-c4ccccc4)cc3)c3ccc(-c4cccc(-c5ccc6c(c5)oc5cc(-c7ccccc7)ccc56)c4)cc3)cc2)cc1. The Morgan fingerprint density at radius 3 is 0.946 bits per heavy atom. The predicted molar refractivity (Wildman–Crippen MR) is 236 cm³/mol. The lowest BCUT2D eigenvalue weighted by Gasteiger charge is -2.26. The highest BCUT2D eigenvalue weighted by Crippen LogP contribution is 2.39. The molecule has 9 aromatic carbocycles. The molecule has 1 heterocycles. The lowest BCUT2D eigenvalue weighted by molar-refractivity contribution is 0.669. The Labute approximate surface area is 327 Å². The Balaban J connectivity index is 0.963. The summed E-state index contributed by atoms with van der Waals surface area (Å²) in [5.41, 5.74) is 16.8. The fourth-order valence-corrected chi connectivity index (χ4v) is 7.76. The first-order chi connectivity index (χ1) is 27.7. The van der Waals surface area contributed by atoms with Crippen molar-refractivity contribution in [1.82, 2.24) is 0 Å². The highest BCUT2D eigenvalue weighted by Gasteiger charge is 2.15. The van der Waals surface area contributed by atoms with Crippen molar-refractivity contribution in [2.45, 2.75) is 0 Å². The molecule has 2 heteroatoms. The maximum atomic E-state index is 6.45. The second-order valence-corrected chi connectivity index (χ2v) is 14.2. The van der Waals surface area contributed by atoms with E-state index in [1.807, 2.05) is 6.07 Å². The molecule has 0 radical (unpaired) electrons. The van der Waals surface area contributed by atoms with E-state index in [9.17, 15) is 0 Å². The maximum Gasteiger partial charge on any atom is 0.136 e. The van der Waals surface area contributed by atoms with Gasteiger partial charge in [-0.2, -0.15) is 0 Å². The molecule has 10 rings (SSSR count). The van der Waals surface area contributed by atoms with Gasteiger partial charge in [0.2, 0.25) is 0 Å². The zero-order valence-corrected chi connectivity index (χ0v) is 30.7. The van der Waals surface area contributed by atoms with Crippen LogP contribution >= 0.6 is 0 Å². The Hall–Kier alpha value is -7.42. The third kappa shape index (κ3) is 6.44. The highest BCUT2D eigenvalue weighted by atomic mass is 16.3. The van der Waals surface area contributed by atoms with Gasteiger partial charge in [-0.15, -0.1) is 0 Å². The number of furan rings is 1. The molecule has 0 aliphatic carbocycles. The van der Waals surface area contributed by atoms with Gasteiger partial charge in [0.25, 0.3) is 0 Å². The van der Waals surface area contributed by atoms with Crippen molar-refractivity contribution < 1.29 is 4.42 Å². The third-order valence-corrected chi connectivity index (χ3v) is 10.7. The molecule has 0 unspecified atom stereocenters. The summed E-state index contributed by atoms with van der Waals surface area (Å²) in [7, 11) is 0. The van der Waals surface area contributed by atoms with E-state index in [2.05, 4.69) is 223 Å². The number of hydrogen-bond acceptors (Lipinski definition) is 2. The maximum absolute atomic E-state index is 6.45. The summed E-state index contributed by atoms with van der Waals surface area (Å²) in [4.78, 5) is 2.33. The van der Waals surface area contributed by atoms with Gasteiger partial charge in [0.05, 0.1) is 0 Å². The van der Waals surface area contributed by atoms with Gasteiger partial charge in [-0.1, -0.05) is 158 Å². The molecule has 0 atom stereocenters. The molecule has 0 aliphatic rings. The van der Waals surface area contributed by atoms with Crippen LogP contribution in [-0.2, 0) is 0 Å². The Kier molecular flexibility index (Phi) is 8.55. The fraction of sp³-hybridized carbons (Fsp3) is 0. The second kappa shape index (κ2) is 14.4. The van der Waals surface area contributed by atoms with Gasteiger partial charge in [-0.25, -0.2) is 0 Å². The van der Waals surface area contributed by atoms with Crippen molar-refractivity contribution in [3.05, 3.63) is 224 Å². The van der Waals surface area contributed by atoms with Crippen LogP contribution in [0.5, 0.6) is 0 Å². The summed E-state index contributed by atoms with van der Waals surface area (Å²) < 4.78 is 6.45. The van der Waals surface area contributed by atoms with Crippen molar-refractivity contribution >= 4 is 39.0 Å². The van der Waals surface area contributed by atoms with E-state index in [1.165, 1.54) is 27.8 Å². The highest BCUT2D eigenvalue weighted by molar-refractivity contribution is 6.07. The molecule has 0 saturated heterocycles. The average molecular weight is 716 g/mol. The molecule has 56 heavy (non-hydrogen) atoms. The minimum Gasteiger partial charge on any atom is -0.456 e. The summed E-state index contributed by atoms with van der Waals surface area (Å²) in [5.74, 6) is 0. The van der Waals surface area contributed by atoms with Crippen molar-refractivity contribution in [3.8, 4) is 55.6 Å². The van der Waals surface area contributed by atoms with Crippen molar-refractivity contribution in [2.75, 3.05) is 4.90 Å². The molecule has 0 bridgehead atoms. The van der Waals surface area contributed by atoms with Crippen LogP contribution < -0.4 is 4.90 Å². The van der Waals surface area contributed by atoms with Gasteiger partial charge in [-0.3, -0.25) is 0 Å². The quantitative estimate of drug-likeness (QED) is 0.156. The summed E-state index contributed by atoms with van der Waals surface area (Å²) in [6.07, 6.45) is 0. The fourth-order valence-electron chi connectivity index (χ4n) is 7.76. The molecule has 1 aromatic heterocycles. The van der Waals surface area contributed by atoms with Gasteiger partial charge >= 0.3 is 0 Å². The van der Waals surface area contributed by atoms with E-state index < -0.39 is 0 Å². The topological polar surface area (TPSA) is 16.4 Å². The van der Waals surface area contributed by atoms with Gasteiger partial charge in [0.1, 0.15) is 11.2 Å². The lowest BCUT2D eigenvalue weighted by atomic mass is 9.98. The molecular weight excluding hydrogens is 679 g/mol. The first kappa shape index (κ1) is 33.2. The van der Waals surface area contributed by atoms with E-state index in [-0.39, 0.29) is 0 Å². The van der Waals surface area contributed by atoms with Crippen LogP contribution in [0.4, 0.5) is 17.1 Å². The van der Waals surface area contributed by atoms with E-state index in [0.717, 1.165) is 66.8 Å². The van der Waals surface area contributed by atoms with Crippen LogP contribution in [0, 0.1) is 0 Å². The molecule has 0 amide bonds. The lowest BCUT2D eigenvalue weighted by Crippen LogP contribution is -2.09. The van der Waals surface area contributed by atoms with Gasteiger partial charge in [-0.05, 0) is 122 Å². The van der Waals surface area contributed by atoms with Crippen molar-refractivity contribution in [1.29, 1.82) is 0 Å². The standard InChI is InChI=1S/C54H37NO/c1-4-11-38(12-5-1)41-19-27-48(28-20-41)55(49-29-21-42(22-30-49)39-13-6-2-7-14-39)50-31-23-43(24-32-50)44-17-10-18-45(35-44)47-26-34-52-51-33-25-46(40-15-8-3-9-16-40)36-53(51)56-54(52)37-47/h1-37H. The molecule has 10 aromatic rings. The number of anilines is 3. The summed E-state index contributed by atoms with van der Waals surface area (Å²) in [6.45, 7) is 0. The molecule has 264 valence electrons. The monoisotopic (exact) mass is 715 g/mol. The Bertz CT molecular complexity index is 2830. The third-order valence-electron chi connectivity index (χ3n) is 10.7. The van der Waals surface area contributed by atoms with Crippen LogP contribution in [0.15, 0.2) is 229 Å². The average Bonchev–Trinajstić information content (AvgIpc) is 3.65. The summed E-state index contributed by atoms with van der Waals surface area (Å²) in [6, 6.07) is 80.0. The van der Waals surface area contributed by atoms with E-state index in [4.69, 9.17) is 4.42 Å². The minimum atomic E-state index is 0.895. The molecule has 0 spiro atoms. The number of fused-ring (bicyclic) bond motifs is 3. The van der Waals surface area contributed by atoms with Crippen LogP contribution in [0.3, 0.4) is 0 Å². The van der Waals surface area contributed by atoms with E-state index in [0.29, 0.717) is 0 Å². The number of rotatable bonds is 8. The molecule has 0 saturated carbocycles.